The van der Waals surface area contributed by atoms with Gasteiger partial charge in [-0.2, -0.15) is 0 Å². The molecule has 1 aliphatic rings. The summed E-state index contributed by atoms with van der Waals surface area (Å²) in [6, 6.07) is 8.15. The minimum Gasteiger partial charge on any atom is -0.507 e. The van der Waals surface area contributed by atoms with Gasteiger partial charge in [0.2, 0.25) is 0 Å². The second kappa shape index (κ2) is 8.37. The van der Waals surface area contributed by atoms with Gasteiger partial charge in [-0.1, -0.05) is 11.6 Å². The Labute approximate surface area is 191 Å². The molecule has 9 heteroatoms. The first-order valence-electron chi connectivity index (χ1n) is 9.38. The number of hydrogen-bond donors (Lipinski definition) is 1. The van der Waals surface area contributed by atoms with Crippen LogP contribution < -0.4 is 9.64 Å². The van der Waals surface area contributed by atoms with E-state index in [2.05, 4.69) is 0 Å². The summed E-state index contributed by atoms with van der Waals surface area (Å²) in [6.07, 6.45) is 0. The number of Topliss-reactive ketones (excluding diaryl/α,β-unsaturated/α-hetero) is 1. The van der Waals surface area contributed by atoms with Crippen LogP contribution in [0.5, 0.6) is 5.75 Å². The normalized spacial score (nSPS) is 17.8. The van der Waals surface area contributed by atoms with Crippen molar-refractivity contribution < 1.29 is 28.2 Å². The van der Waals surface area contributed by atoms with E-state index in [-0.39, 0.29) is 22.6 Å². The molecule has 0 saturated carbocycles. The number of rotatable bonds is 4. The number of aliphatic hydroxyl groups excluding tert-OH is 1. The van der Waals surface area contributed by atoms with Gasteiger partial charge in [-0.05, 0) is 54.3 Å². The van der Waals surface area contributed by atoms with Crippen molar-refractivity contribution in [1.82, 2.24) is 0 Å². The van der Waals surface area contributed by atoms with E-state index in [1.807, 2.05) is 0 Å². The van der Waals surface area contributed by atoms with Crippen LogP contribution in [0.3, 0.4) is 0 Å². The first kappa shape index (κ1) is 22.0. The quantitative estimate of drug-likeness (QED) is 0.302. The van der Waals surface area contributed by atoms with Crippen molar-refractivity contribution in [3.8, 4) is 5.75 Å². The number of halogens is 3. The monoisotopic (exact) mass is 475 g/mol. The van der Waals surface area contributed by atoms with Crippen LogP contribution in [-0.2, 0) is 9.59 Å². The van der Waals surface area contributed by atoms with Crippen molar-refractivity contribution in [1.29, 1.82) is 0 Å². The van der Waals surface area contributed by atoms with Gasteiger partial charge in [-0.25, -0.2) is 8.78 Å². The smallest absolute Gasteiger partial charge is 0.300 e. The number of hydrogen-bond acceptors (Lipinski definition) is 5. The number of carbonyl (C=O) groups excluding carboxylic acids is 2. The zero-order valence-corrected chi connectivity index (χ0v) is 18.4. The molecule has 1 fully saturated rings. The second-order valence-corrected chi connectivity index (χ2v) is 8.44. The summed E-state index contributed by atoms with van der Waals surface area (Å²) < 4.78 is 32.6. The molecule has 1 aliphatic heterocycles. The van der Waals surface area contributed by atoms with E-state index in [1.165, 1.54) is 42.7 Å². The van der Waals surface area contributed by atoms with Crippen molar-refractivity contribution in [3.63, 3.8) is 0 Å². The molecular weight excluding hydrogens is 460 g/mol. The Balaban J connectivity index is 1.96. The highest BCUT2D eigenvalue weighted by atomic mass is 35.5. The number of thiophene rings is 1. The fraction of sp³-hybridized carbons (Fsp3) is 0.130. The van der Waals surface area contributed by atoms with Crippen LogP contribution in [0.15, 0.2) is 53.4 Å². The summed E-state index contributed by atoms with van der Waals surface area (Å²) in [5, 5.41) is 13.2. The first-order valence-corrected chi connectivity index (χ1v) is 10.6. The van der Waals surface area contributed by atoms with Crippen molar-refractivity contribution in [2.24, 2.45) is 0 Å². The molecule has 1 amide bonds. The van der Waals surface area contributed by atoms with Gasteiger partial charge < -0.3 is 9.84 Å². The predicted molar refractivity (Wildman–Crippen MR) is 118 cm³/mol. The van der Waals surface area contributed by atoms with Crippen LogP contribution in [-0.4, -0.2) is 23.9 Å². The fourth-order valence-corrected chi connectivity index (χ4v) is 4.83. The number of ether oxygens (including phenoxy) is 1. The number of aliphatic hydroxyl groups is 1. The highest BCUT2D eigenvalue weighted by Crippen LogP contribution is 2.45. The Morgan fingerprint density at radius 1 is 1.12 bits per heavy atom. The average molecular weight is 476 g/mol. The third kappa shape index (κ3) is 3.55. The molecule has 5 nitrogen and oxygen atoms in total. The second-order valence-electron chi connectivity index (χ2n) is 7.08. The van der Waals surface area contributed by atoms with Gasteiger partial charge >= 0.3 is 0 Å². The van der Waals surface area contributed by atoms with E-state index >= 15 is 0 Å². The van der Waals surface area contributed by atoms with Crippen LogP contribution in [0.4, 0.5) is 14.5 Å². The standard InChI is InChI=1S/C23H16ClF2NO4S/c1-11-7-8-32-22(11)19-18(20(28)12-3-5-14(24)17(9-12)31-2)21(29)23(30)27(19)13-4-6-15(25)16(26)10-13/h3-10,19,28H,1-2H3/b20-18-. The third-order valence-electron chi connectivity index (χ3n) is 5.20. The van der Waals surface area contributed by atoms with E-state index in [4.69, 9.17) is 16.3 Å². The SMILES string of the molecule is COc1cc(/C(O)=C2/C(=O)C(=O)N(c3ccc(F)c(F)c3)C2c2sccc2C)ccc1Cl. The fourth-order valence-electron chi connectivity index (χ4n) is 3.61. The van der Waals surface area contributed by atoms with Gasteiger partial charge in [0.25, 0.3) is 11.7 Å². The van der Waals surface area contributed by atoms with Crippen molar-refractivity contribution in [2.75, 3.05) is 12.0 Å². The minimum absolute atomic E-state index is 0.00321. The van der Waals surface area contributed by atoms with Crippen LogP contribution in [0.25, 0.3) is 5.76 Å². The van der Waals surface area contributed by atoms with Crippen molar-refractivity contribution in [2.45, 2.75) is 13.0 Å². The molecule has 0 aliphatic carbocycles. The summed E-state index contributed by atoms with van der Waals surface area (Å²) in [4.78, 5) is 27.8. The highest BCUT2D eigenvalue weighted by Gasteiger charge is 2.48. The molecule has 32 heavy (non-hydrogen) atoms. The largest absolute Gasteiger partial charge is 0.507 e. The summed E-state index contributed by atoms with van der Waals surface area (Å²) >= 11 is 7.34. The molecule has 2 aromatic carbocycles. The summed E-state index contributed by atoms with van der Waals surface area (Å²) in [5.74, 6) is -4.30. The maximum absolute atomic E-state index is 14.0. The average Bonchev–Trinajstić information content (AvgIpc) is 3.30. The van der Waals surface area contributed by atoms with Gasteiger partial charge in [-0.15, -0.1) is 11.3 Å². The lowest BCUT2D eigenvalue weighted by Crippen LogP contribution is -2.29. The summed E-state index contributed by atoms with van der Waals surface area (Å²) in [6.45, 7) is 1.79. The number of carbonyl (C=O) groups is 2. The maximum Gasteiger partial charge on any atom is 0.300 e. The number of methoxy groups -OCH3 is 1. The van der Waals surface area contributed by atoms with Crippen LogP contribution in [0.2, 0.25) is 5.02 Å². The molecule has 0 bridgehead atoms. The summed E-state index contributed by atoms with van der Waals surface area (Å²) in [5.41, 5.74) is 0.814. The summed E-state index contributed by atoms with van der Waals surface area (Å²) in [7, 11) is 1.40. The predicted octanol–water partition coefficient (Wildman–Crippen LogP) is 5.62. The van der Waals surface area contributed by atoms with E-state index in [0.717, 1.165) is 22.6 Å². The molecule has 3 aromatic rings. The number of aryl methyl sites for hydroxylation is 1. The molecule has 1 N–H and O–H groups in total. The van der Waals surface area contributed by atoms with E-state index in [9.17, 15) is 23.5 Å². The molecule has 2 heterocycles. The Hall–Kier alpha value is -3.23. The Morgan fingerprint density at radius 3 is 2.50 bits per heavy atom. The molecule has 4 rings (SSSR count). The molecule has 0 radical (unpaired) electrons. The molecule has 1 saturated heterocycles. The van der Waals surface area contributed by atoms with Crippen LogP contribution in [0.1, 0.15) is 22.0 Å². The van der Waals surface area contributed by atoms with Crippen LogP contribution in [0, 0.1) is 18.6 Å². The molecule has 1 atom stereocenters. The number of amides is 1. The van der Waals surface area contributed by atoms with Crippen molar-refractivity contribution in [3.05, 3.63) is 86.1 Å². The van der Waals surface area contributed by atoms with Crippen molar-refractivity contribution >= 4 is 46.1 Å². The topological polar surface area (TPSA) is 66.8 Å². The lowest BCUT2D eigenvalue weighted by Gasteiger charge is -2.25. The Kier molecular flexibility index (Phi) is 5.75. The van der Waals surface area contributed by atoms with E-state index in [0.29, 0.717) is 9.90 Å². The molecule has 164 valence electrons. The lowest BCUT2D eigenvalue weighted by molar-refractivity contribution is -0.132. The zero-order valence-electron chi connectivity index (χ0n) is 16.9. The van der Waals surface area contributed by atoms with Crippen LogP contribution >= 0.6 is 22.9 Å². The third-order valence-corrected chi connectivity index (χ3v) is 6.58. The first-order chi connectivity index (χ1) is 15.2. The van der Waals surface area contributed by atoms with Gasteiger partial charge in [0.1, 0.15) is 17.6 Å². The molecular formula is C23H16ClF2NO4S. The number of anilines is 1. The maximum atomic E-state index is 14.0. The zero-order chi connectivity index (χ0) is 23.2. The minimum atomic E-state index is -1.16. The number of ketones is 1. The number of benzene rings is 2. The number of nitrogens with zero attached hydrogens (tertiary/aromatic N) is 1. The Bertz CT molecular complexity index is 1290. The van der Waals surface area contributed by atoms with Gasteiger partial charge in [-0.3, -0.25) is 14.5 Å². The Morgan fingerprint density at radius 2 is 1.88 bits per heavy atom. The highest BCUT2D eigenvalue weighted by molar-refractivity contribution is 7.10. The van der Waals surface area contributed by atoms with Gasteiger partial charge in [0.05, 0.1) is 17.7 Å². The van der Waals surface area contributed by atoms with E-state index in [1.54, 1.807) is 18.4 Å². The van der Waals surface area contributed by atoms with Gasteiger partial charge in [0, 0.05) is 22.2 Å². The molecule has 1 unspecified atom stereocenters. The van der Waals surface area contributed by atoms with E-state index < -0.39 is 35.1 Å². The molecule has 0 spiro atoms. The molecule has 1 aromatic heterocycles. The lowest BCUT2D eigenvalue weighted by atomic mass is 9.98. The van der Waals surface area contributed by atoms with Gasteiger partial charge in [0.15, 0.2) is 11.6 Å².